The van der Waals surface area contributed by atoms with Crippen LogP contribution in [0.2, 0.25) is 0 Å². The van der Waals surface area contributed by atoms with Gasteiger partial charge in [0.1, 0.15) is 6.10 Å². The van der Waals surface area contributed by atoms with Crippen LogP contribution in [0.3, 0.4) is 0 Å². The number of aliphatic hydroxyl groups excluding tert-OH is 1. The molecule has 13 heavy (non-hydrogen) atoms. The van der Waals surface area contributed by atoms with Gasteiger partial charge in [0.2, 0.25) is 11.8 Å². The normalized spacial score (nSPS) is 26.5. The van der Waals surface area contributed by atoms with E-state index in [1.165, 1.54) is 0 Å². The van der Waals surface area contributed by atoms with E-state index < -0.39 is 0 Å². The molecule has 70 valence electrons. The first kappa shape index (κ1) is 8.25. The molecule has 1 aliphatic carbocycles. The van der Waals surface area contributed by atoms with Crippen LogP contribution < -0.4 is 10.5 Å². The number of nitrogens with two attached hydrogens (primary N) is 1. The Bertz CT molecular complexity index is 299. The molecule has 0 unspecified atom stereocenters. The molecule has 0 spiro atoms. The van der Waals surface area contributed by atoms with Gasteiger partial charge in [-0.15, -0.1) is 0 Å². The van der Waals surface area contributed by atoms with Gasteiger partial charge < -0.3 is 15.6 Å². The van der Waals surface area contributed by atoms with Crippen LogP contribution in [0.15, 0.2) is 12.3 Å². The minimum absolute atomic E-state index is 0.0734. The highest BCUT2D eigenvalue weighted by Crippen LogP contribution is 2.24. The van der Waals surface area contributed by atoms with Crippen molar-refractivity contribution in [3.8, 4) is 5.88 Å². The van der Waals surface area contributed by atoms with Crippen molar-refractivity contribution >= 4 is 5.95 Å². The fourth-order valence-electron chi connectivity index (χ4n) is 1.23. The average molecular weight is 181 g/mol. The molecule has 5 heteroatoms. The zero-order chi connectivity index (χ0) is 9.26. The Morgan fingerprint density at radius 3 is 2.92 bits per heavy atom. The van der Waals surface area contributed by atoms with Gasteiger partial charge in [-0.25, -0.2) is 4.98 Å². The van der Waals surface area contributed by atoms with Gasteiger partial charge >= 0.3 is 0 Å². The zero-order valence-corrected chi connectivity index (χ0v) is 7.05. The predicted octanol–water partition coefficient (Wildman–Crippen LogP) is -0.0391. The molecule has 1 saturated carbocycles. The molecule has 2 rings (SSSR count). The summed E-state index contributed by atoms with van der Waals surface area (Å²) in [6.45, 7) is 0. The van der Waals surface area contributed by atoms with E-state index in [9.17, 15) is 0 Å². The van der Waals surface area contributed by atoms with E-state index in [1.807, 2.05) is 0 Å². The molecule has 5 nitrogen and oxygen atoms in total. The molecule has 0 bridgehead atoms. The summed E-state index contributed by atoms with van der Waals surface area (Å²) in [5, 5.41) is 9.01. The molecule has 0 amide bonds. The second-order valence-corrected chi connectivity index (χ2v) is 3.12. The molecule has 0 atom stereocenters. The lowest BCUT2D eigenvalue weighted by atomic mass is 9.92. The van der Waals surface area contributed by atoms with E-state index >= 15 is 0 Å². The van der Waals surface area contributed by atoms with Crippen molar-refractivity contribution in [3.05, 3.63) is 12.3 Å². The maximum absolute atomic E-state index is 9.01. The Labute approximate surface area is 75.6 Å². The van der Waals surface area contributed by atoms with Gasteiger partial charge in [0.15, 0.2) is 0 Å². The summed E-state index contributed by atoms with van der Waals surface area (Å²) in [4.78, 5) is 7.63. The highest BCUT2D eigenvalue weighted by atomic mass is 16.5. The van der Waals surface area contributed by atoms with Crippen LogP contribution in [0.4, 0.5) is 5.95 Å². The molecule has 1 heterocycles. The average Bonchev–Trinajstić information content (AvgIpc) is 2.01. The summed E-state index contributed by atoms with van der Waals surface area (Å²) in [7, 11) is 0. The summed E-state index contributed by atoms with van der Waals surface area (Å²) in [5.41, 5.74) is 5.37. The number of hydrogen-bond acceptors (Lipinski definition) is 5. The number of hydrogen-bond donors (Lipinski definition) is 2. The molecule has 0 radical (unpaired) electrons. The van der Waals surface area contributed by atoms with Crippen molar-refractivity contribution in [2.45, 2.75) is 25.0 Å². The Kier molecular flexibility index (Phi) is 2.02. The zero-order valence-electron chi connectivity index (χ0n) is 7.05. The highest BCUT2D eigenvalue weighted by molar-refractivity contribution is 5.21. The Hall–Kier alpha value is -1.36. The quantitative estimate of drug-likeness (QED) is 0.669. The third-order valence-corrected chi connectivity index (χ3v) is 2.01. The number of ether oxygens (including phenoxy) is 1. The lowest BCUT2D eigenvalue weighted by Gasteiger charge is -2.30. The SMILES string of the molecule is Nc1nccc(OC2CC(O)C2)n1. The van der Waals surface area contributed by atoms with E-state index in [0.29, 0.717) is 18.7 Å². The van der Waals surface area contributed by atoms with Gasteiger partial charge in [0.05, 0.1) is 6.10 Å². The van der Waals surface area contributed by atoms with E-state index in [4.69, 9.17) is 15.6 Å². The standard InChI is InChI=1S/C8H11N3O2/c9-8-10-2-1-7(11-8)13-6-3-5(12)4-6/h1-2,5-6,12H,3-4H2,(H2,9,10,11). The summed E-state index contributed by atoms with van der Waals surface area (Å²) in [6.07, 6.45) is 2.74. The van der Waals surface area contributed by atoms with Crippen molar-refractivity contribution < 1.29 is 9.84 Å². The fraction of sp³-hybridized carbons (Fsp3) is 0.500. The molecule has 1 fully saturated rings. The number of rotatable bonds is 2. The number of aliphatic hydroxyl groups is 1. The van der Waals surface area contributed by atoms with Crippen LogP contribution in [0, 0.1) is 0 Å². The molecular weight excluding hydrogens is 170 g/mol. The molecule has 0 aromatic carbocycles. The van der Waals surface area contributed by atoms with E-state index in [2.05, 4.69) is 9.97 Å². The minimum Gasteiger partial charge on any atom is -0.474 e. The molecule has 1 aromatic heterocycles. The van der Waals surface area contributed by atoms with Crippen molar-refractivity contribution in [1.29, 1.82) is 0 Å². The molecule has 1 aliphatic rings. The predicted molar refractivity (Wildman–Crippen MR) is 46.1 cm³/mol. The summed E-state index contributed by atoms with van der Waals surface area (Å²) >= 11 is 0. The smallest absolute Gasteiger partial charge is 0.223 e. The van der Waals surface area contributed by atoms with Crippen LogP contribution in [0.5, 0.6) is 5.88 Å². The highest BCUT2D eigenvalue weighted by Gasteiger charge is 2.29. The number of nitrogens with zero attached hydrogens (tertiary/aromatic N) is 2. The Morgan fingerprint density at radius 1 is 1.54 bits per heavy atom. The first-order valence-corrected chi connectivity index (χ1v) is 4.17. The van der Waals surface area contributed by atoms with Crippen molar-refractivity contribution in [2.75, 3.05) is 5.73 Å². The van der Waals surface area contributed by atoms with Crippen LogP contribution >= 0.6 is 0 Å². The fourth-order valence-corrected chi connectivity index (χ4v) is 1.23. The first-order chi connectivity index (χ1) is 6.24. The lowest BCUT2D eigenvalue weighted by molar-refractivity contribution is -0.0127. The molecule has 3 N–H and O–H groups in total. The monoisotopic (exact) mass is 181 g/mol. The van der Waals surface area contributed by atoms with Gasteiger partial charge in [0, 0.05) is 25.1 Å². The van der Waals surface area contributed by atoms with Crippen molar-refractivity contribution in [1.82, 2.24) is 9.97 Å². The van der Waals surface area contributed by atoms with E-state index in [-0.39, 0.29) is 18.2 Å². The van der Waals surface area contributed by atoms with Gasteiger partial charge in [-0.2, -0.15) is 4.98 Å². The van der Waals surface area contributed by atoms with Gasteiger partial charge in [-0.1, -0.05) is 0 Å². The van der Waals surface area contributed by atoms with Crippen molar-refractivity contribution in [2.24, 2.45) is 0 Å². The molecule has 0 aliphatic heterocycles. The molecule has 1 aromatic rings. The maximum atomic E-state index is 9.01. The molecular formula is C8H11N3O2. The molecule has 0 saturated heterocycles. The van der Waals surface area contributed by atoms with Gasteiger partial charge in [0.25, 0.3) is 0 Å². The van der Waals surface area contributed by atoms with Crippen LogP contribution in [0.1, 0.15) is 12.8 Å². The lowest BCUT2D eigenvalue weighted by Crippen LogP contribution is -2.37. The Morgan fingerprint density at radius 2 is 2.31 bits per heavy atom. The second-order valence-electron chi connectivity index (χ2n) is 3.12. The Balaban J connectivity index is 1.94. The maximum Gasteiger partial charge on any atom is 0.223 e. The summed E-state index contributed by atoms with van der Waals surface area (Å²) in [5.74, 6) is 0.682. The minimum atomic E-state index is -0.218. The first-order valence-electron chi connectivity index (χ1n) is 4.17. The van der Waals surface area contributed by atoms with Crippen LogP contribution in [0.25, 0.3) is 0 Å². The topological polar surface area (TPSA) is 81.3 Å². The van der Waals surface area contributed by atoms with Gasteiger partial charge in [-0.3, -0.25) is 0 Å². The third kappa shape index (κ3) is 1.86. The van der Waals surface area contributed by atoms with E-state index in [1.54, 1.807) is 12.3 Å². The largest absolute Gasteiger partial charge is 0.474 e. The summed E-state index contributed by atoms with van der Waals surface area (Å²) < 4.78 is 5.41. The number of anilines is 1. The summed E-state index contributed by atoms with van der Waals surface area (Å²) in [6, 6.07) is 1.65. The third-order valence-electron chi connectivity index (χ3n) is 2.01. The van der Waals surface area contributed by atoms with Crippen molar-refractivity contribution in [3.63, 3.8) is 0 Å². The van der Waals surface area contributed by atoms with Crippen LogP contribution in [-0.4, -0.2) is 27.3 Å². The van der Waals surface area contributed by atoms with Gasteiger partial charge in [-0.05, 0) is 0 Å². The number of aromatic nitrogens is 2. The van der Waals surface area contributed by atoms with Crippen LogP contribution in [-0.2, 0) is 0 Å². The second kappa shape index (κ2) is 3.18. The van der Waals surface area contributed by atoms with E-state index in [0.717, 1.165) is 0 Å². The number of nitrogen functional groups attached to an aromatic ring is 1.